The van der Waals surface area contributed by atoms with E-state index in [9.17, 15) is 5.11 Å². The minimum atomic E-state index is 0.245. The van der Waals surface area contributed by atoms with Crippen molar-refractivity contribution < 1.29 is 5.11 Å². The Labute approximate surface area is 123 Å². The second kappa shape index (κ2) is 4.18. The highest BCUT2D eigenvalue weighted by Crippen LogP contribution is 2.32. The number of phenolic OH excluding ortho intramolecular Hbond substituents is 1. The summed E-state index contributed by atoms with van der Waals surface area (Å²) in [6.45, 7) is 0. The van der Waals surface area contributed by atoms with Crippen LogP contribution in [-0.4, -0.2) is 20.2 Å². The normalized spacial score (nSPS) is 13.6. The molecule has 0 amide bonds. The van der Waals surface area contributed by atoms with Gasteiger partial charge in [-0.3, -0.25) is 9.39 Å². The Morgan fingerprint density at radius 2 is 2.10 bits per heavy atom. The number of hydrogen-bond donors (Lipinski definition) is 1. The predicted molar refractivity (Wildman–Crippen MR) is 80.9 cm³/mol. The van der Waals surface area contributed by atoms with Crippen molar-refractivity contribution in [2.24, 2.45) is 4.99 Å². The van der Waals surface area contributed by atoms with Gasteiger partial charge < -0.3 is 5.11 Å². The number of hydrogen-bond acceptors (Lipinski definition) is 3. The molecule has 98 valence electrons. The summed E-state index contributed by atoms with van der Waals surface area (Å²) in [5.74, 6) is 0.245. The van der Waals surface area contributed by atoms with Crippen LogP contribution in [0, 0.1) is 0 Å². The molecule has 0 aliphatic carbocycles. The zero-order valence-electron chi connectivity index (χ0n) is 10.4. The number of aromatic nitrogens is 2. The number of halogens is 1. The summed E-state index contributed by atoms with van der Waals surface area (Å²) in [4.78, 5) is 9.01. The minimum Gasteiger partial charge on any atom is -0.508 e. The van der Waals surface area contributed by atoms with Gasteiger partial charge in [0.1, 0.15) is 11.4 Å². The molecule has 3 aromatic rings. The summed E-state index contributed by atoms with van der Waals surface area (Å²) in [6.07, 6.45) is 4.59. The molecule has 0 spiro atoms. The van der Waals surface area contributed by atoms with Crippen LogP contribution in [0.15, 0.2) is 52.2 Å². The van der Waals surface area contributed by atoms with Crippen LogP contribution in [0.5, 0.6) is 5.75 Å². The van der Waals surface area contributed by atoms with Crippen molar-refractivity contribution in [2.45, 2.75) is 6.42 Å². The second-order valence-corrected chi connectivity index (χ2v) is 5.68. The molecule has 4 rings (SSSR count). The molecule has 1 aliphatic rings. The van der Waals surface area contributed by atoms with Crippen LogP contribution in [0.25, 0.3) is 5.65 Å². The van der Waals surface area contributed by atoms with Gasteiger partial charge in [0, 0.05) is 23.2 Å². The van der Waals surface area contributed by atoms with Crippen molar-refractivity contribution in [1.82, 2.24) is 9.38 Å². The smallest absolute Gasteiger partial charge is 0.137 e. The molecule has 0 saturated carbocycles. The zero-order valence-corrected chi connectivity index (χ0v) is 12.0. The van der Waals surface area contributed by atoms with E-state index in [0.29, 0.717) is 0 Å². The molecule has 1 aliphatic heterocycles. The molecule has 3 heterocycles. The van der Waals surface area contributed by atoms with Crippen molar-refractivity contribution in [3.63, 3.8) is 0 Å². The number of benzene rings is 1. The third-order valence-corrected chi connectivity index (χ3v) is 3.92. The molecule has 0 fully saturated rings. The van der Waals surface area contributed by atoms with E-state index in [1.807, 2.05) is 35.0 Å². The number of pyridine rings is 1. The first-order valence-electron chi connectivity index (χ1n) is 6.23. The minimum absolute atomic E-state index is 0.245. The molecular formula is C15H10BrN3O. The molecule has 20 heavy (non-hydrogen) atoms. The van der Waals surface area contributed by atoms with Gasteiger partial charge >= 0.3 is 0 Å². The van der Waals surface area contributed by atoms with Gasteiger partial charge in [-0.05, 0) is 39.7 Å². The summed E-state index contributed by atoms with van der Waals surface area (Å²) < 4.78 is 3.02. The largest absolute Gasteiger partial charge is 0.508 e. The van der Waals surface area contributed by atoms with E-state index in [0.717, 1.165) is 39.2 Å². The van der Waals surface area contributed by atoms with E-state index in [1.165, 1.54) is 0 Å². The van der Waals surface area contributed by atoms with Gasteiger partial charge in [0.05, 0.1) is 23.3 Å². The Morgan fingerprint density at radius 3 is 3.00 bits per heavy atom. The molecular weight excluding hydrogens is 318 g/mol. The standard InChI is InChI=1S/C15H10BrN3O/c16-10-2-4-15-17-7-14(19(15)8-10)13-5-9-1-3-11(20)6-12(9)18-13/h1-4,6-8,20H,5H2. The third kappa shape index (κ3) is 1.74. The van der Waals surface area contributed by atoms with Gasteiger partial charge in [0.2, 0.25) is 0 Å². The fraction of sp³-hybridized carbons (Fsp3) is 0.0667. The Morgan fingerprint density at radius 1 is 1.20 bits per heavy atom. The molecule has 0 atom stereocenters. The van der Waals surface area contributed by atoms with Crippen LogP contribution in [0.4, 0.5) is 5.69 Å². The third-order valence-electron chi connectivity index (χ3n) is 3.45. The zero-order chi connectivity index (χ0) is 13.7. The number of aromatic hydroxyl groups is 1. The van der Waals surface area contributed by atoms with Crippen molar-refractivity contribution >= 4 is 33.0 Å². The van der Waals surface area contributed by atoms with E-state index in [2.05, 4.69) is 25.9 Å². The van der Waals surface area contributed by atoms with Crippen LogP contribution in [-0.2, 0) is 6.42 Å². The Balaban J connectivity index is 1.86. The average Bonchev–Trinajstić information content (AvgIpc) is 3.00. The highest BCUT2D eigenvalue weighted by molar-refractivity contribution is 9.10. The van der Waals surface area contributed by atoms with Gasteiger partial charge in [0.25, 0.3) is 0 Å². The van der Waals surface area contributed by atoms with E-state index in [1.54, 1.807) is 12.1 Å². The lowest BCUT2D eigenvalue weighted by atomic mass is 10.1. The van der Waals surface area contributed by atoms with Crippen LogP contribution >= 0.6 is 15.9 Å². The Hall–Kier alpha value is -2.14. The lowest BCUT2D eigenvalue weighted by molar-refractivity contribution is 0.475. The highest BCUT2D eigenvalue weighted by Gasteiger charge is 2.19. The molecule has 5 heteroatoms. The van der Waals surface area contributed by atoms with Crippen LogP contribution < -0.4 is 0 Å². The molecule has 1 N–H and O–H groups in total. The van der Waals surface area contributed by atoms with Gasteiger partial charge in [-0.1, -0.05) is 6.07 Å². The van der Waals surface area contributed by atoms with Gasteiger partial charge in [-0.2, -0.15) is 0 Å². The number of phenols is 1. The summed E-state index contributed by atoms with van der Waals surface area (Å²) in [6, 6.07) is 9.24. The first-order valence-corrected chi connectivity index (χ1v) is 7.02. The van der Waals surface area contributed by atoms with E-state index < -0.39 is 0 Å². The monoisotopic (exact) mass is 327 g/mol. The topological polar surface area (TPSA) is 49.9 Å². The molecule has 0 radical (unpaired) electrons. The first-order chi connectivity index (χ1) is 9.70. The van der Waals surface area contributed by atoms with Gasteiger partial charge in [0.15, 0.2) is 0 Å². The molecule has 4 nitrogen and oxygen atoms in total. The van der Waals surface area contributed by atoms with E-state index in [-0.39, 0.29) is 5.75 Å². The average molecular weight is 328 g/mol. The summed E-state index contributed by atoms with van der Waals surface area (Å²) in [5.41, 5.74) is 4.81. The van der Waals surface area contributed by atoms with Crippen molar-refractivity contribution in [2.75, 3.05) is 0 Å². The molecule has 0 bridgehead atoms. The predicted octanol–water partition coefficient (Wildman–Crippen LogP) is 3.48. The number of imidazole rings is 1. The number of aliphatic imine (C=N–C) groups is 1. The van der Waals surface area contributed by atoms with Crippen LogP contribution in [0.1, 0.15) is 11.3 Å². The number of rotatable bonds is 1. The van der Waals surface area contributed by atoms with Crippen molar-refractivity contribution in [3.8, 4) is 5.75 Å². The lowest BCUT2D eigenvalue weighted by Crippen LogP contribution is -2.04. The Bertz CT molecular complexity index is 867. The maximum absolute atomic E-state index is 9.53. The summed E-state index contributed by atoms with van der Waals surface area (Å²) in [7, 11) is 0. The fourth-order valence-electron chi connectivity index (χ4n) is 2.49. The fourth-order valence-corrected chi connectivity index (χ4v) is 2.82. The van der Waals surface area contributed by atoms with Crippen LogP contribution in [0.2, 0.25) is 0 Å². The first kappa shape index (κ1) is 11.7. The molecule has 0 unspecified atom stereocenters. The molecule has 1 aromatic carbocycles. The van der Waals surface area contributed by atoms with Crippen LogP contribution in [0.3, 0.4) is 0 Å². The summed E-state index contributed by atoms with van der Waals surface area (Å²) in [5, 5.41) is 9.53. The van der Waals surface area contributed by atoms with Crippen molar-refractivity contribution in [3.05, 3.63) is 58.5 Å². The Kier molecular flexibility index (Phi) is 2.44. The van der Waals surface area contributed by atoms with Gasteiger partial charge in [-0.25, -0.2) is 4.98 Å². The number of fused-ring (bicyclic) bond motifs is 2. The van der Waals surface area contributed by atoms with Gasteiger partial charge in [-0.15, -0.1) is 0 Å². The SMILES string of the molecule is Oc1ccc2c(c1)N=C(c1cnc3ccc(Br)cn13)C2. The molecule has 0 saturated heterocycles. The maximum atomic E-state index is 9.53. The maximum Gasteiger partial charge on any atom is 0.137 e. The van der Waals surface area contributed by atoms with E-state index >= 15 is 0 Å². The lowest BCUT2D eigenvalue weighted by Gasteiger charge is -2.01. The highest BCUT2D eigenvalue weighted by atomic mass is 79.9. The second-order valence-electron chi connectivity index (χ2n) is 4.77. The number of nitrogens with zero attached hydrogens (tertiary/aromatic N) is 3. The summed E-state index contributed by atoms with van der Waals surface area (Å²) >= 11 is 3.48. The van der Waals surface area contributed by atoms with Crippen molar-refractivity contribution in [1.29, 1.82) is 0 Å². The molecule has 2 aromatic heterocycles. The quantitative estimate of drug-likeness (QED) is 0.743. The van der Waals surface area contributed by atoms with E-state index in [4.69, 9.17) is 0 Å².